The van der Waals surface area contributed by atoms with Crippen LogP contribution in [0.3, 0.4) is 0 Å². The van der Waals surface area contributed by atoms with E-state index in [0.29, 0.717) is 51.5 Å². The van der Waals surface area contributed by atoms with E-state index in [1.807, 2.05) is 200 Å². The van der Waals surface area contributed by atoms with Crippen molar-refractivity contribution >= 4 is 198 Å². The largest absolute Gasteiger partial charge is 1.00 e. The number of rotatable bonds is 27. The fourth-order valence-corrected chi connectivity index (χ4v) is 21.5. The number of aromatic carboxylic acids is 1. The molecule has 0 saturated heterocycles. The highest BCUT2D eigenvalue weighted by molar-refractivity contribution is 9.69. The van der Waals surface area contributed by atoms with Gasteiger partial charge in [0.2, 0.25) is 0 Å². The predicted molar refractivity (Wildman–Crippen MR) is 631 cm³/mol. The van der Waals surface area contributed by atoms with E-state index >= 15 is 0 Å². The highest BCUT2D eigenvalue weighted by Crippen LogP contribution is 2.58. The number of aromatic hydroxyl groups is 1. The molecule has 0 spiro atoms. The van der Waals surface area contributed by atoms with Gasteiger partial charge in [-0.05, 0) is 183 Å². The van der Waals surface area contributed by atoms with Gasteiger partial charge in [-0.3, -0.25) is 4.79 Å². The van der Waals surface area contributed by atoms with E-state index in [-0.39, 0.29) is 37.0 Å². The second-order valence-electron chi connectivity index (χ2n) is 31.6. The minimum atomic E-state index is -1.78. The summed E-state index contributed by atoms with van der Waals surface area (Å²) in [5, 5.41) is 27.7. The molecule has 0 heterocycles. The molecule has 0 saturated carbocycles. The van der Waals surface area contributed by atoms with E-state index in [0.717, 1.165) is 56.0 Å². The monoisotopic (exact) mass is 2350 g/mol. The molecule has 17 aromatic carbocycles. The number of carboxylic acids is 1. The van der Waals surface area contributed by atoms with E-state index in [1.165, 1.54) is 118 Å². The van der Waals surface area contributed by atoms with Gasteiger partial charge in [0, 0.05) is 10.9 Å². The zero-order valence-corrected chi connectivity index (χ0v) is 93.6. The normalized spacial score (nSPS) is 10.3. The molecule has 0 bridgehead atoms. The van der Waals surface area contributed by atoms with Crippen LogP contribution in [0.15, 0.2) is 455 Å². The summed E-state index contributed by atoms with van der Waals surface area (Å²) in [6.45, 7) is 0. The molecule has 150 heavy (non-hydrogen) atoms. The molecule has 17 rings (SSSR count). The molecule has 16 nitrogen and oxygen atoms in total. The fraction of sp³-hybridized carbons (Fsp3) is 0.0794. The van der Waals surface area contributed by atoms with E-state index in [1.54, 1.807) is 60.7 Å². The van der Waals surface area contributed by atoms with Crippen LogP contribution in [0.25, 0.3) is 48.6 Å². The molecule has 2 N–H and O–H groups in total. The molecule has 17 aromatic rings. The number of ether oxygens (including phenoxy) is 8. The van der Waals surface area contributed by atoms with Crippen LogP contribution in [0.2, 0.25) is 0 Å². The SMILES string of the molecule is BrB(Br)Br.BrCc1ccccc1.COC(=O)c1cc(/C=C/c2ccccc2)ccc1OC.COC(=O)c1cc(/C=C/c2ccccc2)ccc1OC.COC(=O)c1cc(/C=C\c2ccccc2)ccc1OC.COC(=O)c1cc(C=O)ccc1OC.O=C(O)c1cc(/C=C/c2ccccc2)ccc1O.[Br-].c1ccc(C[P+](c2ccccc2)(c2ccccc2)c2ccccc2)cc1.c1ccc(P(c2ccccc2)c2ccccc2)cc1. The van der Waals surface area contributed by atoms with Gasteiger partial charge in [-0.15, -0.1) is 47.3 Å². The molecule has 762 valence electrons. The van der Waals surface area contributed by atoms with E-state index < -0.39 is 45.0 Å². The summed E-state index contributed by atoms with van der Waals surface area (Å²) in [6.07, 6.45) is 17.2. The van der Waals surface area contributed by atoms with E-state index in [2.05, 4.69) is 292 Å². The maximum Gasteiger partial charge on any atom is 0.369 e. The van der Waals surface area contributed by atoms with E-state index in [4.69, 9.17) is 38.3 Å². The lowest BCUT2D eigenvalue weighted by Gasteiger charge is -2.27. The number of aldehydes is 1. The number of hydrogen-bond donors (Lipinski definition) is 2. The Morgan fingerprint density at radius 3 is 0.713 bits per heavy atom. The second kappa shape index (κ2) is 67.8. The third-order valence-corrected chi connectivity index (χ3v) is 29.3. The van der Waals surface area contributed by atoms with Crippen LogP contribution in [-0.4, -0.2) is 106 Å². The van der Waals surface area contributed by atoms with Gasteiger partial charge in [0.05, 0.1) is 63.0 Å². The first-order valence-electron chi connectivity index (χ1n) is 46.7. The molecule has 0 aliphatic rings. The summed E-state index contributed by atoms with van der Waals surface area (Å²) in [5.41, 5.74) is 12.3. The number of phenols is 1. The molecular formula is C126H114BBr5O16P2. The maximum atomic E-state index is 11.7. The number of carbonyl (C=O) groups is 6. The summed E-state index contributed by atoms with van der Waals surface area (Å²) < 4.78 is 39.5. The molecule has 24 heteroatoms. The Bertz CT molecular complexity index is 6590. The van der Waals surface area contributed by atoms with Crippen LogP contribution in [0.5, 0.6) is 28.7 Å². The highest BCUT2D eigenvalue weighted by atomic mass is 79.9. The van der Waals surface area contributed by atoms with Gasteiger partial charge in [0.15, 0.2) is 0 Å². The number of esters is 4. The molecule has 0 radical (unpaired) electrons. The Hall–Kier alpha value is -15.0. The van der Waals surface area contributed by atoms with Gasteiger partial charge in [0.25, 0.3) is 0 Å². The van der Waals surface area contributed by atoms with Crippen molar-refractivity contribution in [3.8, 4) is 28.7 Å². The van der Waals surface area contributed by atoms with Crippen LogP contribution in [0.4, 0.5) is 0 Å². The van der Waals surface area contributed by atoms with Crippen molar-refractivity contribution in [3.05, 3.63) is 544 Å². The Morgan fingerprint density at radius 2 is 0.487 bits per heavy atom. The smallest absolute Gasteiger partial charge is 0.369 e. The predicted octanol–water partition coefficient (Wildman–Crippen LogP) is 25.9. The maximum absolute atomic E-state index is 11.7. The Balaban J connectivity index is 0.000000210. The fourth-order valence-electron chi connectivity index (χ4n) is 14.6. The summed E-state index contributed by atoms with van der Waals surface area (Å²) in [5.74, 6) is -1.18. The number of methoxy groups -OCH3 is 8. The van der Waals surface area contributed by atoms with Crippen LogP contribution in [0.1, 0.15) is 118 Å². The summed E-state index contributed by atoms with van der Waals surface area (Å²) in [4.78, 5) is 67.7. The average Bonchev–Trinajstić information content (AvgIpc) is 0.749. The molecule has 0 fully saturated rings. The van der Waals surface area contributed by atoms with Crippen molar-refractivity contribution in [2.45, 2.75) is 11.5 Å². The summed E-state index contributed by atoms with van der Waals surface area (Å²) >= 11 is 12.7. The van der Waals surface area contributed by atoms with Gasteiger partial charge in [0.1, 0.15) is 86.0 Å². The van der Waals surface area contributed by atoms with Crippen LogP contribution >= 0.6 is 78.4 Å². The number of halogens is 5. The third-order valence-electron chi connectivity index (χ3n) is 21.9. The molecule has 0 amide bonds. The molecular weight excluding hydrogens is 2240 g/mol. The Kier molecular flexibility index (Phi) is 54.4. The molecule has 0 aliphatic heterocycles. The minimum Gasteiger partial charge on any atom is -1.00 e. The Labute approximate surface area is 925 Å². The van der Waals surface area contributed by atoms with Gasteiger partial charge >= 0.3 is 33.0 Å². The van der Waals surface area contributed by atoms with Crippen molar-refractivity contribution in [2.75, 3.05) is 56.9 Å². The standard InChI is InChI=1S/C25H22P.C18H15P.3C17H16O3.C15H12O3.C10H10O4.C7H7Br.BBr3.BrH/c1-5-13-22(14-6-1)21-26(23-15-7-2-8-16-23,24-17-9-3-10-18-24)25-19-11-4-12-20-25;1-4-10-16(11-5-1)19(17-12-6-2-7-13-17)18-14-8-3-9-15-18;3*1-19-16-11-10-14(12-15(16)17(18)20-2)9-8-13-6-4-3-5-7-13;16-14-9-8-12(10-13(14)15(17)18)7-6-11-4-2-1-3-5-11;1-13-9-4-3-7(6-11)5-8(9)10(12)14-2;8-6-7-4-2-1-3-5-7;2-1(3)4;/h1-20H,21H2;1-15H;3*3-12H,1-2H3;1-10,16H,(H,17,18);3-6H,1-2H3;1-5H,6H2;;1H/q+1;;;;;;;;;/p-1/b;;2*9-8+;9-8-;7-6+;;;;. The highest BCUT2D eigenvalue weighted by Gasteiger charge is 2.45. The minimum absolute atomic E-state index is 0. The molecule has 0 aliphatic carbocycles. The van der Waals surface area contributed by atoms with Crippen LogP contribution in [0, 0.1) is 0 Å². The molecule has 0 aromatic heterocycles. The summed E-state index contributed by atoms with van der Waals surface area (Å²) in [7, 11) is 9.15. The lowest BCUT2D eigenvalue weighted by atomic mass is 10.1. The van der Waals surface area contributed by atoms with Gasteiger partial charge in [-0.2, -0.15) is 0 Å². The van der Waals surface area contributed by atoms with Crippen molar-refractivity contribution < 1.29 is 93.9 Å². The number of alkyl halides is 1. The Morgan fingerprint density at radius 1 is 0.280 bits per heavy atom. The zero-order valence-electron chi connectivity index (χ0n) is 83.9. The van der Waals surface area contributed by atoms with Crippen molar-refractivity contribution in [1.82, 2.24) is 0 Å². The lowest BCUT2D eigenvalue weighted by Crippen LogP contribution is -3.00. The first-order valence-corrected chi connectivity index (χ1v) is 53.9. The quantitative estimate of drug-likeness (QED) is 0.00930. The summed E-state index contributed by atoms with van der Waals surface area (Å²) in [6, 6.07) is 151. The van der Waals surface area contributed by atoms with E-state index in [9.17, 15) is 33.9 Å². The number of hydrogen-bond acceptors (Lipinski definition) is 15. The average molecular weight is 2360 g/mol. The lowest BCUT2D eigenvalue weighted by molar-refractivity contribution is -0.000104. The van der Waals surface area contributed by atoms with Gasteiger partial charge in [-0.1, -0.05) is 416 Å². The van der Waals surface area contributed by atoms with Crippen LogP contribution in [-0.2, 0) is 30.4 Å². The first kappa shape index (κ1) is 120. The zero-order chi connectivity index (χ0) is 107. The first-order chi connectivity index (χ1) is 72.6. The number of carboxylic acid groups (broad SMARTS) is 1. The second-order valence-corrected chi connectivity index (χ2v) is 44.3. The third kappa shape index (κ3) is 39.9. The number of carbonyl (C=O) groups excluding carboxylic acids is 5. The molecule has 0 unspecified atom stereocenters. The van der Waals surface area contributed by atoms with Crippen molar-refractivity contribution in [3.63, 3.8) is 0 Å². The van der Waals surface area contributed by atoms with Crippen LogP contribution < -0.4 is 67.8 Å². The van der Waals surface area contributed by atoms with Crippen molar-refractivity contribution in [2.24, 2.45) is 0 Å². The van der Waals surface area contributed by atoms with Gasteiger partial charge < -0.3 is 65.1 Å². The number of benzene rings is 17. The topological polar surface area (TPSA) is 217 Å². The van der Waals surface area contributed by atoms with Gasteiger partial charge in [-0.25, -0.2) is 24.0 Å². The molecule has 0 atom stereocenters. The van der Waals surface area contributed by atoms with Crippen molar-refractivity contribution in [1.29, 1.82) is 0 Å².